The lowest BCUT2D eigenvalue weighted by Gasteiger charge is -2.34. The highest BCUT2D eigenvalue weighted by Crippen LogP contribution is 2.34. The number of hydrogen-bond donors (Lipinski definition) is 0. The summed E-state index contributed by atoms with van der Waals surface area (Å²) in [5, 5.41) is 12.1. The van der Waals surface area contributed by atoms with E-state index in [0.29, 0.717) is 23.3 Å². The Morgan fingerprint density at radius 3 is 2.65 bits per heavy atom. The monoisotopic (exact) mass is 553 g/mol. The zero-order valence-corrected chi connectivity index (χ0v) is 22.3. The summed E-state index contributed by atoms with van der Waals surface area (Å²) < 4.78 is 12.8. The van der Waals surface area contributed by atoms with Gasteiger partial charge in [-0.1, -0.05) is 47.6 Å². The Hall–Kier alpha value is -3.05. The number of carbonyl (C=O) groups is 1. The third kappa shape index (κ3) is 5.19. The maximum absolute atomic E-state index is 13.1. The molecule has 0 unspecified atom stereocenters. The van der Waals surface area contributed by atoms with Crippen molar-refractivity contribution in [3.05, 3.63) is 70.6 Å². The number of carbonyl (C=O) groups excluding carboxylic acids is 1. The molecule has 0 atom stereocenters. The molecule has 4 heterocycles. The van der Waals surface area contributed by atoms with E-state index in [4.69, 9.17) is 21.1 Å². The van der Waals surface area contributed by atoms with Crippen molar-refractivity contribution >= 4 is 40.6 Å². The molecule has 37 heavy (non-hydrogen) atoms. The summed E-state index contributed by atoms with van der Waals surface area (Å²) in [4.78, 5) is 18.4. The Morgan fingerprint density at radius 2 is 1.84 bits per heavy atom. The summed E-state index contributed by atoms with van der Waals surface area (Å²) in [6, 6.07) is 17.7. The molecule has 8 nitrogen and oxygen atoms in total. The van der Waals surface area contributed by atoms with E-state index in [0.717, 1.165) is 47.5 Å². The second-order valence-electron chi connectivity index (χ2n) is 8.70. The summed E-state index contributed by atoms with van der Waals surface area (Å²) in [6.07, 6.45) is 0. The van der Waals surface area contributed by atoms with E-state index in [-0.39, 0.29) is 18.5 Å². The summed E-state index contributed by atoms with van der Waals surface area (Å²) >= 11 is 9.51. The fourth-order valence-electron chi connectivity index (χ4n) is 4.45. The fourth-order valence-corrected chi connectivity index (χ4v) is 6.22. The molecule has 2 aliphatic heterocycles. The summed E-state index contributed by atoms with van der Waals surface area (Å²) in [5.74, 6) is 2.70. The van der Waals surface area contributed by atoms with Crippen LogP contribution in [0.3, 0.4) is 0 Å². The third-order valence-corrected chi connectivity index (χ3v) is 8.46. The van der Waals surface area contributed by atoms with Crippen molar-refractivity contribution in [1.29, 1.82) is 0 Å². The van der Waals surface area contributed by atoms with Gasteiger partial charge in [0, 0.05) is 32.7 Å². The first-order chi connectivity index (χ1) is 18.2. The predicted octanol–water partition coefficient (Wildman–Crippen LogP) is 4.81. The zero-order valence-electron chi connectivity index (χ0n) is 19.9. The number of thioether (sulfide) groups is 1. The van der Waals surface area contributed by atoms with Crippen LogP contribution in [-0.2, 0) is 11.3 Å². The molecular weight excluding hydrogens is 530 g/mol. The van der Waals surface area contributed by atoms with Gasteiger partial charge in [0.05, 0.1) is 21.3 Å². The molecule has 0 N–H and O–H groups in total. The standard InChI is InChI=1S/C26H24ClN5O3S2/c27-19-4-1-2-5-20(19)32-25(23-6-3-13-36-23)28-29-26(32)37-16-24(33)31-11-9-30(10-12-31)15-18-7-8-21-22(14-18)35-17-34-21/h1-8,13-14H,9-12,15-17H2. The lowest BCUT2D eigenvalue weighted by atomic mass is 10.1. The quantitative estimate of drug-likeness (QED) is 0.304. The van der Waals surface area contributed by atoms with E-state index in [9.17, 15) is 4.79 Å². The summed E-state index contributed by atoms with van der Waals surface area (Å²) in [7, 11) is 0. The van der Waals surface area contributed by atoms with Crippen LogP contribution >= 0.6 is 34.7 Å². The van der Waals surface area contributed by atoms with Gasteiger partial charge in [0.1, 0.15) is 0 Å². The van der Waals surface area contributed by atoms with Crippen LogP contribution in [-0.4, -0.2) is 69.2 Å². The predicted molar refractivity (Wildman–Crippen MR) is 145 cm³/mol. The van der Waals surface area contributed by atoms with Gasteiger partial charge in [-0.05, 0) is 41.3 Å². The van der Waals surface area contributed by atoms with Crippen molar-refractivity contribution in [2.24, 2.45) is 0 Å². The Labute approximate surface area is 227 Å². The molecule has 0 spiro atoms. The number of aromatic nitrogens is 3. The number of nitrogens with zero attached hydrogens (tertiary/aromatic N) is 5. The maximum atomic E-state index is 13.1. The molecule has 0 aliphatic carbocycles. The van der Waals surface area contributed by atoms with E-state index in [2.05, 4.69) is 21.2 Å². The van der Waals surface area contributed by atoms with Crippen molar-refractivity contribution in [3.63, 3.8) is 0 Å². The number of halogens is 1. The average molecular weight is 554 g/mol. The molecule has 190 valence electrons. The van der Waals surface area contributed by atoms with Gasteiger partial charge in [-0.3, -0.25) is 14.3 Å². The van der Waals surface area contributed by atoms with Crippen molar-refractivity contribution in [1.82, 2.24) is 24.6 Å². The second kappa shape index (κ2) is 10.7. The molecule has 0 bridgehead atoms. The SMILES string of the molecule is O=C(CSc1nnc(-c2cccs2)n1-c1ccccc1Cl)N1CCN(Cc2ccc3c(c2)OCO3)CC1. The molecule has 6 rings (SSSR count). The van der Waals surface area contributed by atoms with Gasteiger partial charge in [-0.15, -0.1) is 21.5 Å². The van der Waals surface area contributed by atoms with Gasteiger partial charge in [0.2, 0.25) is 12.7 Å². The lowest BCUT2D eigenvalue weighted by Crippen LogP contribution is -2.48. The molecule has 2 aliphatic rings. The van der Waals surface area contributed by atoms with Crippen LogP contribution < -0.4 is 9.47 Å². The molecule has 2 aromatic carbocycles. The number of piperazine rings is 1. The van der Waals surface area contributed by atoms with Gasteiger partial charge in [0.25, 0.3) is 0 Å². The third-order valence-electron chi connectivity index (χ3n) is 6.36. The minimum atomic E-state index is 0.0964. The van der Waals surface area contributed by atoms with Crippen molar-refractivity contribution in [2.75, 3.05) is 38.7 Å². The molecule has 1 fully saturated rings. The molecule has 11 heteroatoms. The van der Waals surface area contributed by atoms with E-state index in [1.54, 1.807) is 11.3 Å². The summed E-state index contributed by atoms with van der Waals surface area (Å²) in [5.41, 5.74) is 1.98. The van der Waals surface area contributed by atoms with Gasteiger partial charge < -0.3 is 14.4 Å². The van der Waals surface area contributed by atoms with Gasteiger partial charge in [-0.25, -0.2) is 0 Å². The topological polar surface area (TPSA) is 72.7 Å². The normalized spacial score (nSPS) is 15.3. The summed E-state index contributed by atoms with van der Waals surface area (Å²) in [6.45, 7) is 4.14. The maximum Gasteiger partial charge on any atom is 0.233 e. The second-order valence-corrected chi connectivity index (χ2v) is 11.0. The zero-order chi connectivity index (χ0) is 25.2. The van der Waals surface area contributed by atoms with E-state index < -0.39 is 0 Å². The molecule has 0 radical (unpaired) electrons. The number of thiophene rings is 1. The first kappa shape index (κ1) is 24.3. The molecular formula is C26H24ClN5O3S2. The van der Waals surface area contributed by atoms with Gasteiger partial charge in [-0.2, -0.15) is 0 Å². The Balaban J connectivity index is 1.09. The van der Waals surface area contributed by atoms with E-state index in [1.165, 1.54) is 17.3 Å². The molecule has 1 amide bonds. The van der Waals surface area contributed by atoms with Gasteiger partial charge >= 0.3 is 0 Å². The number of para-hydroxylation sites is 1. The van der Waals surface area contributed by atoms with E-state index in [1.807, 2.05) is 63.4 Å². The average Bonchev–Trinajstić information content (AvgIpc) is 3.69. The molecule has 0 saturated carbocycles. The number of fused-ring (bicyclic) bond motifs is 1. The van der Waals surface area contributed by atoms with Crippen LogP contribution in [0.15, 0.2) is 65.1 Å². The largest absolute Gasteiger partial charge is 0.454 e. The van der Waals surface area contributed by atoms with Crippen molar-refractivity contribution in [2.45, 2.75) is 11.7 Å². The number of rotatable bonds is 7. The first-order valence-corrected chi connectivity index (χ1v) is 14.2. The fraction of sp³-hybridized carbons (Fsp3) is 0.269. The van der Waals surface area contributed by atoms with Crippen LogP contribution in [0.5, 0.6) is 11.5 Å². The highest BCUT2D eigenvalue weighted by Gasteiger charge is 2.24. The number of benzene rings is 2. The minimum Gasteiger partial charge on any atom is -0.454 e. The van der Waals surface area contributed by atoms with Crippen LogP contribution in [0.4, 0.5) is 0 Å². The van der Waals surface area contributed by atoms with Crippen molar-refractivity contribution in [3.8, 4) is 27.9 Å². The molecule has 2 aromatic heterocycles. The minimum absolute atomic E-state index is 0.0964. The lowest BCUT2D eigenvalue weighted by molar-refractivity contribution is -0.130. The molecule has 4 aromatic rings. The van der Waals surface area contributed by atoms with E-state index >= 15 is 0 Å². The smallest absolute Gasteiger partial charge is 0.233 e. The van der Waals surface area contributed by atoms with Crippen LogP contribution in [0, 0.1) is 0 Å². The van der Waals surface area contributed by atoms with Crippen LogP contribution in [0.2, 0.25) is 5.02 Å². The van der Waals surface area contributed by atoms with Crippen LogP contribution in [0.25, 0.3) is 16.4 Å². The number of amides is 1. The number of ether oxygens (including phenoxy) is 2. The van der Waals surface area contributed by atoms with Crippen molar-refractivity contribution < 1.29 is 14.3 Å². The first-order valence-electron chi connectivity index (χ1n) is 11.9. The Bertz CT molecular complexity index is 1400. The number of hydrogen-bond acceptors (Lipinski definition) is 8. The highest BCUT2D eigenvalue weighted by atomic mass is 35.5. The van der Waals surface area contributed by atoms with Gasteiger partial charge in [0.15, 0.2) is 22.5 Å². The highest BCUT2D eigenvalue weighted by molar-refractivity contribution is 7.99. The Morgan fingerprint density at radius 1 is 1.00 bits per heavy atom. The molecule has 1 saturated heterocycles. The van der Waals surface area contributed by atoms with Crippen LogP contribution in [0.1, 0.15) is 5.56 Å². The Kier molecular flexibility index (Phi) is 7.06.